The number of carbonyl (C=O) groups is 3. The number of benzene rings is 1. The van der Waals surface area contributed by atoms with Gasteiger partial charge in [-0.05, 0) is 25.1 Å². The van der Waals surface area contributed by atoms with Crippen LogP contribution in [0.2, 0.25) is 0 Å². The summed E-state index contributed by atoms with van der Waals surface area (Å²) in [5.74, 6) is -3.95. The monoisotopic (exact) mass is 445 g/mol. The summed E-state index contributed by atoms with van der Waals surface area (Å²) < 4.78 is 0. The largest absolute Gasteiger partial charge is 0.504 e. The highest BCUT2D eigenvalue weighted by molar-refractivity contribution is 7.13. The smallest absolute Gasteiger partial charge is 0.360 e. The number of halogens is 1. The van der Waals surface area contributed by atoms with E-state index in [1.54, 1.807) is 0 Å². The lowest BCUT2D eigenvalue weighted by Crippen LogP contribution is -2.46. The minimum Gasteiger partial charge on any atom is -0.504 e. The molecule has 14 heteroatoms. The van der Waals surface area contributed by atoms with Crippen molar-refractivity contribution < 1.29 is 34.5 Å². The number of oxime groups is 1. The Bertz CT molecular complexity index is 949. The molecule has 12 nitrogen and oxygen atoms in total. The van der Waals surface area contributed by atoms with E-state index in [1.807, 2.05) is 0 Å². The Morgan fingerprint density at radius 1 is 1.24 bits per heavy atom. The number of nitrogens with one attached hydrogen (secondary N) is 2. The van der Waals surface area contributed by atoms with Crippen molar-refractivity contribution in [2.24, 2.45) is 5.16 Å². The number of phenolic OH excluding ortho intramolecular Hbond substituents is 2. The molecule has 2 aromatic rings. The predicted molar refractivity (Wildman–Crippen MR) is 104 cm³/mol. The Balaban J connectivity index is 0.00000420. The third-order valence-corrected chi connectivity index (χ3v) is 3.85. The van der Waals surface area contributed by atoms with Crippen LogP contribution in [0.3, 0.4) is 0 Å². The molecule has 1 heterocycles. The van der Waals surface area contributed by atoms with Gasteiger partial charge in [0.1, 0.15) is 5.69 Å². The zero-order valence-electron chi connectivity index (χ0n) is 14.6. The minimum absolute atomic E-state index is 0. The van der Waals surface area contributed by atoms with Crippen LogP contribution in [0.25, 0.3) is 0 Å². The number of nitrogens with two attached hydrogens (primary N) is 1. The number of hydrogen-bond acceptors (Lipinski definition) is 10. The molecule has 0 radical (unpaired) electrons. The molecule has 0 aliphatic heterocycles. The van der Waals surface area contributed by atoms with Crippen molar-refractivity contribution in [3.8, 4) is 11.5 Å². The van der Waals surface area contributed by atoms with Crippen molar-refractivity contribution in [3.05, 3.63) is 34.8 Å². The third kappa shape index (κ3) is 6.22. The maximum atomic E-state index is 11.9. The van der Waals surface area contributed by atoms with Gasteiger partial charge in [-0.1, -0.05) is 5.16 Å². The van der Waals surface area contributed by atoms with Crippen molar-refractivity contribution in [1.82, 2.24) is 15.8 Å². The van der Waals surface area contributed by atoms with Crippen molar-refractivity contribution in [2.75, 3.05) is 5.73 Å². The maximum absolute atomic E-state index is 11.9. The summed E-state index contributed by atoms with van der Waals surface area (Å²) in [7, 11) is 0. The Labute approximate surface area is 173 Å². The molecule has 0 saturated carbocycles. The normalized spacial score (nSPS) is 11.7. The molecule has 0 bridgehead atoms. The molecule has 0 saturated heterocycles. The molecule has 2 amide bonds. The van der Waals surface area contributed by atoms with Gasteiger partial charge >= 0.3 is 5.97 Å². The van der Waals surface area contributed by atoms with Gasteiger partial charge in [-0.3, -0.25) is 20.4 Å². The second-order valence-electron chi connectivity index (χ2n) is 5.21. The van der Waals surface area contributed by atoms with E-state index in [9.17, 15) is 24.6 Å². The van der Waals surface area contributed by atoms with E-state index in [0.29, 0.717) is 0 Å². The molecule has 156 valence electrons. The highest BCUT2D eigenvalue weighted by Gasteiger charge is 2.20. The molecular weight excluding hydrogens is 430 g/mol. The summed E-state index contributed by atoms with van der Waals surface area (Å²) in [6, 6.07) is 3.32. The van der Waals surface area contributed by atoms with Crippen LogP contribution < -0.4 is 16.6 Å². The first-order valence-electron chi connectivity index (χ1n) is 7.49. The molecule has 0 aliphatic carbocycles. The van der Waals surface area contributed by atoms with E-state index in [4.69, 9.17) is 15.7 Å². The Morgan fingerprint density at radius 3 is 2.48 bits per heavy atom. The zero-order chi connectivity index (χ0) is 20.8. The number of aromatic nitrogens is 1. The van der Waals surface area contributed by atoms with Gasteiger partial charge < -0.3 is 25.9 Å². The van der Waals surface area contributed by atoms with E-state index in [0.717, 1.165) is 23.5 Å². The molecule has 1 atom stereocenters. The quantitative estimate of drug-likeness (QED) is 0.204. The van der Waals surface area contributed by atoms with Crippen LogP contribution in [0.15, 0.2) is 28.7 Å². The van der Waals surface area contributed by atoms with E-state index in [2.05, 4.69) is 21.0 Å². The van der Waals surface area contributed by atoms with E-state index in [1.165, 1.54) is 18.4 Å². The zero-order valence-corrected chi connectivity index (χ0v) is 16.3. The van der Waals surface area contributed by atoms with Gasteiger partial charge in [0.15, 0.2) is 16.6 Å². The van der Waals surface area contributed by atoms with Gasteiger partial charge in [-0.2, -0.15) is 0 Å². The van der Waals surface area contributed by atoms with Crippen LogP contribution >= 0.6 is 23.7 Å². The van der Waals surface area contributed by atoms with Crippen molar-refractivity contribution in [3.63, 3.8) is 0 Å². The number of rotatable bonds is 6. The minimum atomic E-state index is -1.43. The van der Waals surface area contributed by atoms with Gasteiger partial charge in [0.25, 0.3) is 11.8 Å². The number of carboxylic acid groups (broad SMARTS) is 1. The first-order chi connectivity index (χ1) is 13.2. The molecule has 0 fully saturated rings. The van der Waals surface area contributed by atoms with Gasteiger partial charge in [0.05, 0.1) is 0 Å². The topological polar surface area (TPSA) is 196 Å². The van der Waals surface area contributed by atoms with Gasteiger partial charge in [0, 0.05) is 10.9 Å². The van der Waals surface area contributed by atoms with E-state index in [-0.39, 0.29) is 28.8 Å². The summed E-state index contributed by atoms with van der Waals surface area (Å²) in [6.07, 6.45) is -1.26. The number of nitrogens with zero attached hydrogens (tertiary/aromatic N) is 2. The average Bonchev–Trinajstić information content (AvgIpc) is 3.07. The molecule has 1 aromatic heterocycles. The van der Waals surface area contributed by atoms with Crippen molar-refractivity contribution in [1.29, 1.82) is 0 Å². The lowest BCUT2D eigenvalue weighted by atomic mass is 10.2. The standard InChI is InChI=1S/C15H15N5O7S.ClH/c1-6(27-20-11(14(25)26)8-5-28-15(16)17-8)12(23)18-19-13(24)7-2-3-9(21)10(22)4-7;/h2-6,21-22H,1H3,(H2,16,17)(H,18,23)(H,19,24)(H,25,26);1H/b20-11-;. The number of phenols is 2. The van der Waals surface area contributed by atoms with Crippen molar-refractivity contribution >= 4 is 52.4 Å². The summed E-state index contributed by atoms with van der Waals surface area (Å²) in [5.41, 5.74) is 8.96. The molecule has 1 aromatic carbocycles. The summed E-state index contributed by atoms with van der Waals surface area (Å²) in [5, 5.41) is 32.6. The number of hydrogen-bond donors (Lipinski definition) is 6. The predicted octanol–water partition coefficient (Wildman–Crippen LogP) is 0.213. The number of nitrogen functional groups attached to an aromatic ring is 1. The molecule has 0 aliphatic rings. The Kier molecular flexibility index (Phi) is 8.17. The Hall–Kier alpha value is -3.58. The number of aromatic hydroxyl groups is 2. The van der Waals surface area contributed by atoms with Crippen LogP contribution in [-0.2, 0) is 14.4 Å². The SMILES string of the molecule is CC(O/N=C(\C(=O)O)c1csc(N)n1)C(=O)NNC(=O)c1ccc(O)c(O)c1.Cl. The van der Waals surface area contributed by atoms with Gasteiger partial charge in [-0.25, -0.2) is 9.78 Å². The van der Waals surface area contributed by atoms with Crippen LogP contribution in [0.4, 0.5) is 5.13 Å². The van der Waals surface area contributed by atoms with Crippen LogP contribution in [0.1, 0.15) is 23.0 Å². The fourth-order valence-corrected chi connectivity index (χ4v) is 2.28. The second kappa shape index (κ2) is 10.1. The number of carbonyl (C=O) groups excluding carboxylic acids is 2. The molecular formula is C15H16ClN5O7S. The number of carboxylic acids is 1. The first kappa shape index (κ1) is 23.5. The highest BCUT2D eigenvalue weighted by atomic mass is 35.5. The van der Waals surface area contributed by atoms with Crippen LogP contribution in [-0.4, -0.2) is 49.9 Å². The number of aliphatic carboxylic acids is 1. The van der Waals surface area contributed by atoms with Gasteiger partial charge in [-0.15, -0.1) is 23.7 Å². The molecule has 7 N–H and O–H groups in total. The molecule has 0 spiro atoms. The lowest BCUT2D eigenvalue weighted by molar-refractivity contribution is -0.134. The maximum Gasteiger partial charge on any atom is 0.360 e. The highest BCUT2D eigenvalue weighted by Crippen LogP contribution is 2.24. The number of anilines is 1. The molecule has 1 unspecified atom stereocenters. The Morgan fingerprint density at radius 2 is 1.93 bits per heavy atom. The van der Waals surface area contributed by atoms with E-state index >= 15 is 0 Å². The van der Waals surface area contributed by atoms with E-state index < -0.39 is 41.1 Å². The second-order valence-corrected chi connectivity index (χ2v) is 6.10. The fourth-order valence-electron chi connectivity index (χ4n) is 1.73. The first-order valence-corrected chi connectivity index (χ1v) is 8.37. The summed E-state index contributed by atoms with van der Waals surface area (Å²) >= 11 is 1.01. The molecule has 29 heavy (non-hydrogen) atoms. The number of thiazole rings is 1. The lowest BCUT2D eigenvalue weighted by Gasteiger charge is -2.12. The fraction of sp³-hybridized carbons (Fsp3) is 0.133. The number of hydrazine groups is 1. The van der Waals surface area contributed by atoms with Crippen molar-refractivity contribution in [2.45, 2.75) is 13.0 Å². The summed E-state index contributed by atoms with van der Waals surface area (Å²) in [6.45, 7) is 1.27. The third-order valence-electron chi connectivity index (χ3n) is 3.18. The van der Waals surface area contributed by atoms with Crippen LogP contribution in [0, 0.1) is 0 Å². The van der Waals surface area contributed by atoms with Crippen LogP contribution in [0.5, 0.6) is 11.5 Å². The summed E-state index contributed by atoms with van der Waals surface area (Å²) in [4.78, 5) is 43.7. The average molecular weight is 446 g/mol. The van der Waals surface area contributed by atoms with Gasteiger partial charge in [0.2, 0.25) is 11.8 Å². The molecule has 2 rings (SSSR count). The number of amides is 2.